The maximum absolute atomic E-state index is 6.10. The predicted molar refractivity (Wildman–Crippen MR) is 66.8 cm³/mol. The van der Waals surface area contributed by atoms with Gasteiger partial charge in [-0.3, -0.25) is 0 Å². The topological polar surface area (TPSA) is 77.8 Å². The van der Waals surface area contributed by atoms with Crippen molar-refractivity contribution in [3.8, 4) is 0 Å². The van der Waals surface area contributed by atoms with Crippen LogP contribution in [0.4, 0.5) is 5.69 Å². The van der Waals surface area contributed by atoms with Crippen molar-refractivity contribution < 1.29 is 62.8 Å². The number of nitrogens with zero attached hydrogens (tertiary/aromatic N) is 3. The Morgan fingerprint density at radius 2 is 2.00 bits per heavy atom. The Labute approximate surface area is 159 Å². The third-order valence-corrected chi connectivity index (χ3v) is 2.93. The van der Waals surface area contributed by atoms with Crippen molar-refractivity contribution in [3.05, 3.63) is 47.2 Å². The first kappa shape index (κ1) is 14.8. The minimum atomic E-state index is 0. The van der Waals surface area contributed by atoms with Crippen LogP contribution in [0.25, 0.3) is 11.2 Å². The van der Waals surface area contributed by atoms with Gasteiger partial charge in [-0.05, 0) is 23.7 Å². The normalized spacial score (nSPS) is 10.4. The van der Waals surface area contributed by atoms with E-state index in [1.54, 1.807) is 0 Å². The number of nitrogen functional groups attached to an aromatic ring is 1. The second kappa shape index (κ2) is 6.22. The van der Waals surface area contributed by atoms with Crippen molar-refractivity contribution in [2.24, 2.45) is 0 Å². The van der Waals surface area contributed by atoms with Crippen molar-refractivity contribution >= 4 is 16.9 Å². The van der Waals surface area contributed by atoms with Gasteiger partial charge in [0.25, 0.3) is 0 Å². The molecule has 6 heteroatoms. The standard InChI is InChI=1S/C13H11N4O.Rb/c1-8-10(7-9-5-3-2-4-6-9)11(14)12-13(15-8)17-18-16-12;/h3-6H,7,14H2,1H3;/q-1;+1. The maximum Gasteiger partial charge on any atom is 1.00 e. The summed E-state index contributed by atoms with van der Waals surface area (Å²) in [4.78, 5) is 4.34. The molecular weight excluding hydrogens is 314 g/mol. The van der Waals surface area contributed by atoms with Crippen LogP contribution in [0.1, 0.15) is 16.8 Å². The Balaban J connectivity index is 0.00000133. The molecule has 3 rings (SSSR count). The number of benzene rings is 1. The zero-order valence-electron chi connectivity index (χ0n) is 10.8. The van der Waals surface area contributed by atoms with Crippen LogP contribution in [0.15, 0.2) is 28.9 Å². The SMILES string of the molecule is Cc1nc2nonc2c(N)c1Cc1cc[c-]cc1.[Rb+]. The fourth-order valence-electron chi connectivity index (χ4n) is 1.96. The molecule has 0 unspecified atom stereocenters. The van der Waals surface area contributed by atoms with Gasteiger partial charge >= 0.3 is 58.2 Å². The van der Waals surface area contributed by atoms with Crippen molar-refractivity contribution in [2.75, 3.05) is 5.73 Å². The van der Waals surface area contributed by atoms with Gasteiger partial charge < -0.3 is 5.73 Å². The molecule has 0 radical (unpaired) electrons. The second-order valence-corrected chi connectivity index (χ2v) is 4.11. The van der Waals surface area contributed by atoms with Gasteiger partial charge in [-0.2, -0.15) is 35.9 Å². The summed E-state index contributed by atoms with van der Waals surface area (Å²) in [6, 6.07) is 10.8. The molecule has 0 atom stereocenters. The minimum absolute atomic E-state index is 0. The van der Waals surface area contributed by atoms with E-state index in [2.05, 4.69) is 26.0 Å². The molecule has 0 spiro atoms. The van der Waals surface area contributed by atoms with Gasteiger partial charge in [-0.15, -0.1) is 0 Å². The number of rotatable bonds is 2. The van der Waals surface area contributed by atoms with E-state index in [0.717, 1.165) is 16.8 Å². The fraction of sp³-hybridized carbons (Fsp3) is 0.154. The van der Waals surface area contributed by atoms with Gasteiger partial charge in [-0.25, -0.2) is 9.61 Å². The van der Waals surface area contributed by atoms with E-state index in [0.29, 0.717) is 23.3 Å². The fourth-order valence-corrected chi connectivity index (χ4v) is 1.96. The second-order valence-electron chi connectivity index (χ2n) is 4.11. The molecule has 0 saturated carbocycles. The molecule has 0 fully saturated rings. The summed E-state index contributed by atoms with van der Waals surface area (Å²) in [6.45, 7) is 1.91. The van der Waals surface area contributed by atoms with Crippen LogP contribution in [-0.4, -0.2) is 15.3 Å². The van der Waals surface area contributed by atoms with Crippen molar-refractivity contribution in [1.82, 2.24) is 15.3 Å². The van der Waals surface area contributed by atoms with Crippen LogP contribution < -0.4 is 63.9 Å². The van der Waals surface area contributed by atoms with Gasteiger partial charge in [0.2, 0.25) is 5.65 Å². The predicted octanol–water partition coefficient (Wildman–Crippen LogP) is -1.10. The molecule has 2 aromatic heterocycles. The Morgan fingerprint density at radius 3 is 2.74 bits per heavy atom. The Bertz CT molecular complexity index is 696. The van der Waals surface area contributed by atoms with Crippen LogP contribution in [0.2, 0.25) is 0 Å². The first-order chi connectivity index (χ1) is 8.75. The molecule has 0 bridgehead atoms. The number of pyridine rings is 1. The van der Waals surface area contributed by atoms with Crippen LogP contribution in [0, 0.1) is 13.0 Å². The molecule has 0 aliphatic rings. The van der Waals surface area contributed by atoms with Crippen LogP contribution in [-0.2, 0) is 6.42 Å². The summed E-state index contributed by atoms with van der Waals surface area (Å²) in [7, 11) is 0. The first-order valence-electron chi connectivity index (χ1n) is 5.58. The molecule has 19 heavy (non-hydrogen) atoms. The average molecular weight is 325 g/mol. The molecule has 1 aromatic carbocycles. The summed E-state index contributed by atoms with van der Waals surface area (Å²) in [6.07, 6.45) is 0.710. The average Bonchev–Trinajstić information content (AvgIpc) is 2.84. The number of anilines is 1. The summed E-state index contributed by atoms with van der Waals surface area (Å²) in [5.74, 6) is 0. The molecule has 0 saturated heterocycles. The van der Waals surface area contributed by atoms with Crippen LogP contribution >= 0.6 is 0 Å². The molecular formula is C13H11N4ORb. The van der Waals surface area contributed by atoms with Gasteiger partial charge in [0.1, 0.15) is 0 Å². The van der Waals surface area contributed by atoms with Gasteiger partial charge in [-0.1, -0.05) is 0 Å². The molecule has 90 valence electrons. The van der Waals surface area contributed by atoms with Crippen molar-refractivity contribution in [2.45, 2.75) is 13.3 Å². The molecule has 5 nitrogen and oxygen atoms in total. The molecule has 3 aromatic rings. The van der Waals surface area contributed by atoms with Gasteiger partial charge in [0, 0.05) is 11.3 Å². The quantitative estimate of drug-likeness (QED) is 0.606. The molecule has 0 aliphatic heterocycles. The number of aryl methyl sites for hydroxylation is 1. The Hall–Kier alpha value is -0.625. The number of nitrogens with two attached hydrogens (primary N) is 1. The summed E-state index contributed by atoms with van der Waals surface area (Å²) in [5.41, 5.74) is 10.6. The third-order valence-electron chi connectivity index (χ3n) is 2.93. The number of aromatic nitrogens is 3. The van der Waals surface area contributed by atoms with Crippen LogP contribution in [0.5, 0.6) is 0 Å². The van der Waals surface area contributed by atoms with Gasteiger partial charge in [0.05, 0.1) is 5.69 Å². The first-order valence-corrected chi connectivity index (χ1v) is 5.58. The van der Waals surface area contributed by atoms with E-state index in [1.807, 2.05) is 31.2 Å². The largest absolute Gasteiger partial charge is 1.00 e. The Morgan fingerprint density at radius 1 is 1.26 bits per heavy atom. The summed E-state index contributed by atoms with van der Waals surface area (Å²) >= 11 is 0. The van der Waals surface area contributed by atoms with Crippen molar-refractivity contribution in [1.29, 1.82) is 0 Å². The maximum atomic E-state index is 6.10. The van der Waals surface area contributed by atoms with E-state index in [4.69, 9.17) is 5.73 Å². The summed E-state index contributed by atoms with van der Waals surface area (Å²) < 4.78 is 4.66. The van der Waals surface area contributed by atoms with E-state index < -0.39 is 0 Å². The van der Waals surface area contributed by atoms with E-state index in [9.17, 15) is 0 Å². The van der Waals surface area contributed by atoms with E-state index in [1.165, 1.54) is 0 Å². The summed E-state index contributed by atoms with van der Waals surface area (Å²) in [5, 5.41) is 7.49. The minimum Gasteiger partial charge on any atom is -0.396 e. The zero-order valence-corrected chi connectivity index (χ0v) is 15.8. The molecule has 0 amide bonds. The smallest absolute Gasteiger partial charge is 0.396 e. The van der Waals surface area contributed by atoms with E-state index >= 15 is 0 Å². The number of fused-ring (bicyclic) bond motifs is 1. The number of hydrogen-bond donors (Lipinski definition) is 1. The van der Waals surface area contributed by atoms with Crippen LogP contribution in [0.3, 0.4) is 0 Å². The monoisotopic (exact) mass is 324 g/mol. The molecule has 2 N–H and O–H groups in total. The Kier molecular flexibility index (Phi) is 4.84. The number of hydrogen-bond acceptors (Lipinski definition) is 5. The van der Waals surface area contributed by atoms with E-state index in [-0.39, 0.29) is 58.2 Å². The molecule has 2 heterocycles. The molecule has 0 aliphatic carbocycles. The third kappa shape index (κ3) is 2.94. The van der Waals surface area contributed by atoms with Gasteiger partial charge in [0.15, 0.2) is 5.52 Å². The zero-order chi connectivity index (χ0) is 12.5. The van der Waals surface area contributed by atoms with Crippen molar-refractivity contribution in [3.63, 3.8) is 0 Å².